The SMILES string of the molecule is CCCCCCCCCCOC(CCCCC/C=C\CCCCl)OCCCCCCCCCC. The smallest absolute Gasteiger partial charge is 0.157 e. The molecule has 0 rings (SSSR count). The summed E-state index contributed by atoms with van der Waals surface area (Å²) < 4.78 is 12.4. The van der Waals surface area contributed by atoms with Crippen molar-refractivity contribution < 1.29 is 9.47 Å². The van der Waals surface area contributed by atoms with Crippen molar-refractivity contribution in [1.82, 2.24) is 0 Å². The van der Waals surface area contributed by atoms with Crippen LogP contribution >= 0.6 is 11.6 Å². The molecule has 0 aromatic heterocycles. The molecule has 0 atom stereocenters. The van der Waals surface area contributed by atoms with Gasteiger partial charge in [-0.3, -0.25) is 0 Å². The summed E-state index contributed by atoms with van der Waals surface area (Å²) in [5.74, 6) is 0.768. The molecule has 0 saturated carbocycles. The van der Waals surface area contributed by atoms with Crippen LogP contribution in [0.2, 0.25) is 0 Å². The predicted molar refractivity (Wildman–Crippen MR) is 153 cm³/mol. The second kappa shape index (κ2) is 31.0. The first-order chi connectivity index (χ1) is 16.8. The van der Waals surface area contributed by atoms with Crippen molar-refractivity contribution in [1.29, 1.82) is 0 Å². The van der Waals surface area contributed by atoms with E-state index in [9.17, 15) is 0 Å². The Bertz CT molecular complexity index is 364. The van der Waals surface area contributed by atoms with E-state index in [0.717, 1.165) is 38.4 Å². The fraction of sp³-hybridized carbons (Fsp3) is 0.935. The van der Waals surface area contributed by atoms with E-state index in [4.69, 9.17) is 21.1 Å². The Hall–Kier alpha value is -0.0500. The molecule has 0 aliphatic rings. The van der Waals surface area contributed by atoms with Gasteiger partial charge in [0, 0.05) is 19.1 Å². The highest BCUT2D eigenvalue weighted by molar-refractivity contribution is 6.17. The third-order valence-electron chi connectivity index (χ3n) is 6.58. The molecule has 204 valence electrons. The van der Waals surface area contributed by atoms with Crippen LogP contribution in [0.5, 0.6) is 0 Å². The minimum atomic E-state index is 0.00775. The number of hydrogen-bond acceptors (Lipinski definition) is 2. The van der Waals surface area contributed by atoms with E-state index >= 15 is 0 Å². The van der Waals surface area contributed by atoms with Gasteiger partial charge in [-0.1, -0.05) is 122 Å². The number of halogens is 1. The van der Waals surface area contributed by atoms with Gasteiger partial charge in [0.05, 0.1) is 0 Å². The van der Waals surface area contributed by atoms with E-state index < -0.39 is 0 Å². The lowest BCUT2D eigenvalue weighted by atomic mass is 10.1. The van der Waals surface area contributed by atoms with Gasteiger partial charge in [0.2, 0.25) is 0 Å². The van der Waals surface area contributed by atoms with Crippen molar-refractivity contribution in [3.8, 4) is 0 Å². The molecule has 0 amide bonds. The molecule has 34 heavy (non-hydrogen) atoms. The molecule has 0 aromatic rings. The summed E-state index contributed by atoms with van der Waals surface area (Å²) in [5.41, 5.74) is 0. The lowest BCUT2D eigenvalue weighted by Crippen LogP contribution is -2.19. The number of alkyl halides is 1. The van der Waals surface area contributed by atoms with Crippen molar-refractivity contribution in [2.75, 3.05) is 19.1 Å². The highest BCUT2D eigenvalue weighted by atomic mass is 35.5. The zero-order chi connectivity index (χ0) is 24.8. The topological polar surface area (TPSA) is 18.5 Å². The third kappa shape index (κ3) is 28.2. The van der Waals surface area contributed by atoms with E-state index in [1.807, 2.05) is 0 Å². The molecule has 0 N–H and O–H groups in total. The van der Waals surface area contributed by atoms with Gasteiger partial charge in [-0.05, 0) is 51.4 Å². The highest BCUT2D eigenvalue weighted by Gasteiger charge is 2.09. The lowest BCUT2D eigenvalue weighted by Gasteiger charge is -2.19. The zero-order valence-electron chi connectivity index (χ0n) is 23.3. The third-order valence-corrected chi connectivity index (χ3v) is 6.85. The molecule has 0 aliphatic carbocycles. The molecule has 0 spiro atoms. The maximum Gasteiger partial charge on any atom is 0.157 e. The lowest BCUT2D eigenvalue weighted by molar-refractivity contribution is -0.148. The first-order valence-electron chi connectivity index (χ1n) is 15.3. The van der Waals surface area contributed by atoms with E-state index in [1.54, 1.807) is 0 Å². The van der Waals surface area contributed by atoms with Crippen molar-refractivity contribution in [3.05, 3.63) is 12.2 Å². The largest absolute Gasteiger partial charge is 0.353 e. The Balaban J connectivity index is 3.90. The van der Waals surface area contributed by atoms with E-state index in [1.165, 1.54) is 128 Å². The number of rotatable bonds is 29. The van der Waals surface area contributed by atoms with Crippen molar-refractivity contribution >= 4 is 11.6 Å². The summed E-state index contributed by atoms with van der Waals surface area (Å²) in [4.78, 5) is 0. The van der Waals surface area contributed by atoms with Crippen molar-refractivity contribution in [2.24, 2.45) is 0 Å². The second-order valence-corrected chi connectivity index (χ2v) is 10.4. The number of allylic oxidation sites excluding steroid dienone is 2. The Morgan fingerprint density at radius 2 is 0.912 bits per heavy atom. The minimum absolute atomic E-state index is 0.00775. The first-order valence-corrected chi connectivity index (χ1v) is 15.8. The van der Waals surface area contributed by atoms with Crippen LogP contribution in [-0.2, 0) is 9.47 Å². The molecule has 0 aromatic carbocycles. The molecule has 0 bridgehead atoms. The standard InChI is InChI=1S/C31H61ClO2/c1-3-5-7-9-11-17-21-25-29-33-31(27-23-19-15-13-14-16-20-24-28-32)34-30-26-22-18-12-10-8-6-4-2/h14,16,31H,3-13,15,17-30H2,1-2H3/b16-14-. The van der Waals surface area contributed by atoms with Gasteiger partial charge in [-0.25, -0.2) is 0 Å². The normalized spacial score (nSPS) is 11.9. The fourth-order valence-electron chi connectivity index (χ4n) is 4.30. The quantitative estimate of drug-likeness (QED) is 0.0439. The molecular formula is C31H61ClO2. The summed E-state index contributed by atoms with van der Waals surface area (Å²) >= 11 is 5.72. The number of hydrogen-bond donors (Lipinski definition) is 0. The molecule has 0 aliphatic heterocycles. The zero-order valence-corrected chi connectivity index (χ0v) is 24.1. The van der Waals surface area contributed by atoms with Crippen LogP contribution in [0.1, 0.15) is 162 Å². The van der Waals surface area contributed by atoms with Crippen LogP contribution in [-0.4, -0.2) is 25.4 Å². The van der Waals surface area contributed by atoms with Gasteiger partial charge >= 0.3 is 0 Å². The van der Waals surface area contributed by atoms with Crippen LogP contribution in [0.15, 0.2) is 12.2 Å². The van der Waals surface area contributed by atoms with Crippen LogP contribution in [0.25, 0.3) is 0 Å². The molecule has 0 radical (unpaired) electrons. The molecular weight excluding hydrogens is 440 g/mol. The maximum atomic E-state index is 6.18. The Morgan fingerprint density at radius 1 is 0.500 bits per heavy atom. The van der Waals surface area contributed by atoms with Gasteiger partial charge in [0.1, 0.15) is 0 Å². The number of unbranched alkanes of at least 4 members (excludes halogenated alkanes) is 18. The van der Waals surface area contributed by atoms with Gasteiger partial charge in [0.25, 0.3) is 0 Å². The Kier molecular flexibility index (Phi) is 30.9. The molecule has 2 nitrogen and oxygen atoms in total. The van der Waals surface area contributed by atoms with E-state index in [0.29, 0.717) is 0 Å². The van der Waals surface area contributed by atoms with Crippen molar-refractivity contribution in [3.63, 3.8) is 0 Å². The number of ether oxygens (including phenoxy) is 2. The van der Waals surface area contributed by atoms with Crippen LogP contribution in [0.3, 0.4) is 0 Å². The van der Waals surface area contributed by atoms with E-state index in [2.05, 4.69) is 26.0 Å². The molecule has 0 saturated heterocycles. The Morgan fingerprint density at radius 3 is 1.38 bits per heavy atom. The van der Waals surface area contributed by atoms with Gasteiger partial charge in [0.15, 0.2) is 6.29 Å². The van der Waals surface area contributed by atoms with Crippen LogP contribution < -0.4 is 0 Å². The fourth-order valence-corrected chi connectivity index (χ4v) is 4.45. The van der Waals surface area contributed by atoms with Crippen LogP contribution in [0, 0.1) is 0 Å². The summed E-state index contributed by atoms with van der Waals surface area (Å²) in [6.45, 7) is 6.29. The molecule has 3 heteroatoms. The molecule has 0 fully saturated rings. The van der Waals surface area contributed by atoms with Gasteiger partial charge in [-0.2, -0.15) is 0 Å². The Labute approximate surface area is 220 Å². The molecule has 0 unspecified atom stereocenters. The maximum absolute atomic E-state index is 6.18. The van der Waals surface area contributed by atoms with Gasteiger partial charge in [-0.15, -0.1) is 11.6 Å². The predicted octanol–water partition coefficient (Wildman–Crippen LogP) is 11.2. The average Bonchev–Trinajstić information content (AvgIpc) is 2.85. The highest BCUT2D eigenvalue weighted by Crippen LogP contribution is 2.14. The summed E-state index contributed by atoms with van der Waals surface area (Å²) in [7, 11) is 0. The second-order valence-electron chi connectivity index (χ2n) is 10.1. The summed E-state index contributed by atoms with van der Waals surface area (Å²) in [6, 6.07) is 0. The van der Waals surface area contributed by atoms with Crippen LogP contribution in [0.4, 0.5) is 0 Å². The average molecular weight is 501 g/mol. The minimum Gasteiger partial charge on any atom is -0.353 e. The summed E-state index contributed by atoms with van der Waals surface area (Å²) in [6.07, 6.45) is 34.3. The van der Waals surface area contributed by atoms with Crippen molar-refractivity contribution in [2.45, 2.75) is 168 Å². The summed E-state index contributed by atoms with van der Waals surface area (Å²) in [5, 5.41) is 0. The first kappa shape index (κ1) is 34.0. The van der Waals surface area contributed by atoms with E-state index in [-0.39, 0.29) is 6.29 Å². The monoisotopic (exact) mass is 500 g/mol. The molecule has 0 heterocycles. The van der Waals surface area contributed by atoms with Gasteiger partial charge < -0.3 is 9.47 Å².